The van der Waals surface area contributed by atoms with Gasteiger partial charge in [0.05, 0.1) is 0 Å². The number of piperidine rings is 1. The molecule has 0 aromatic heterocycles. The van der Waals surface area contributed by atoms with Crippen LogP contribution in [0.15, 0.2) is 24.3 Å². The van der Waals surface area contributed by atoms with Crippen LogP contribution >= 0.6 is 0 Å². The summed E-state index contributed by atoms with van der Waals surface area (Å²) in [6.07, 6.45) is 3.40. The largest absolute Gasteiger partial charge is 0.480 e. The Labute approximate surface area is 108 Å². The molecule has 3 nitrogen and oxygen atoms in total. The molecule has 3 heteroatoms. The van der Waals surface area contributed by atoms with E-state index >= 15 is 0 Å². The predicted octanol–water partition coefficient (Wildman–Crippen LogP) is 3.00. The molecule has 2 atom stereocenters. The van der Waals surface area contributed by atoms with E-state index in [-0.39, 0.29) is 0 Å². The quantitative estimate of drug-likeness (QED) is 0.892. The van der Waals surface area contributed by atoms with E-state index in [9.17, 15) is 9.90 Å². The number of aryl methyl sites for hydroxylation is 1. The Hall–Kier alpha value is -1.35. The van der Waals surface area contributed by atoms with Crippen LogP contribution in [0.3, 0.4) is 0 Å². The molecule has 1 heterocycles. The molecule has 2 unspecified atom stereocenters. The zero-order chi connectivity index (χ0) is 13.1. The summed E-state index contributed by atoms with van der Waals surface area (Å²) in [5, 5.41) is 9.58. The highest BCUT2D eigenvalue weighted by molar-refractivity contribution is 5.76. The van der Waals surface area contributed by atoms with Gasteiger partial charge in [-0.05, 0) is 44.4 Å². The van der Waals surface area contributed by atoms with Crippen molar-refractivity contribution in [1.29, 1.82) is 0 Å². The zero-order valence-corrected chi connectivity index (χ0v) is 11.1. The number of benzene rings is 1. The van der Waals surface area contributed by atoms with E-state index in [2.05, 4.69) is 11.8 Å². The van der Waals surface area contributed by atoms with Gasteiger partial charge in [0, 0.05) is 6.04 Å². The second-order valence-electron chi connectivity index (χ2n) is 5.18. The fourth-order valence-electron chi connectivity index (χ4n) is 2.85. The topological polar surface area (TPSA) is 40.5 Å². The van der Waals surface area contributed by atoms with Crippen LogP contribution in [0, 0.1) is 6.92 Å². The fraction of sp³-hybridized carbons (Fsp3) is 0.533. The number of nitrogens with zero attached hydrogens (tertiary/aromatic N) is 1. The van der Waals surface area contributed by atoms with Crippen molar-refractivity contribution in [3.8, 4) is 0 Å². The molecule has 0 radical (unpaired) electrons. The Morgan fingerprint density at radius 1 is 1.39 bits per heavy atom. The second kappa shape index (κ2) is 5.53. The first-order chi connectivity index (χ1) is 8.61. The zero-order valence-electron chi connectivity index (χ0n) is 11.1. The molecule has 1 aromatic rings. The molecule has 1 saturated heterocycles. The Bertz CT molecular complexity index is 430. The van der Waals surface area contributed by atoms with E-state index < -0.39 is 12.0 Å². The van der Waals surface area contributed by atoms with Gasteiger partial charge in [0.1, 0.15) is 6.04 Å². The Morgan fingerprint density at radius 3 is 2.72 bits per heavy atom. The van der Waals surface area contributed by atoms with Gasteiger partial charge < -0.3 is 5.11 Å². The van der Waals surface area contributed by atoms with Crippen molar-refractivity contribution in [2.45, 2.75) is 45.2 Å². The number of hydrogen-bond donors (Lipinski definition) is 1. The highest BCUT2D eigenvalue weighted by Gasteiger charge is 2.32. The maximum atomic E-state index is 11.7. The summed E-state index contributed by atoms with van der Waals surface area (Å²) in [4.78, 5) is 13.8. The third kappa shape index (κ3) is 2.56. The third-order valence-electron chi connectivity index (χ3n) is 3.90. The SMILES string of the molecule is Cc1ccccc1C(C(=O)O)N1CCCCC1C. The van der Waals surface area contributed by atoms with Gasteiger partial charge in [0.2, 0.25) is 0 Å². The highest BCUT2D eigenvalue weighted by Crippen LogP contribution is 2.30. The molecule has 2 rings (SSSR count). The van der Waals surface area contributed by atoms with E-state index in [4.69, 9.17) is 0 Å². The molecule has 1 fully saturated rings. The predicted molar refractivity (Wildman–Crippen MR) is 71.6 cm³/mol. The van der Waals surface area contributed by atoms with Crippen LogP contribution < -0.4 is 0 Å². The van der Waals surface area contributed by atoms with Gasteiger partial charge in [-0.2, -0.15) is 0 Å². The average Bonchev–Trinajstić information content (AvgIpc) is 2.34. The number of aliphatic carboxylic acids is 1. The summed E-state index contributed by atoms with van der Waals surface area (Å²) in [5.74, 6) is -0.738. The lowest BCUT2D eigenvalue weighted by Gasteiger charge is -2.38. The van der Waals surface area contributed by atoms with Crippen molar-refractivity contribution >= 4 is 5.97 Å². The van der Waals surface area contributed by atoms with E-state index in [1.807, 2.05) is 31.2 Å². The molecule has 1 aliphatic rings. The van der Waals surface area contributed by atoms with Crippen LogP contribution in [0.25, 0.3) is 0 Å². The lowest BCUT2D eigenvalue weighted by Crippen LogP contribution is -2.43. The standard InChI is InChI=1S/C15H21NO2/c1-11-7-3-4-9-13(11)14(15(17)18)16-10-6-5-8-12(16)2/h3-4,7,9,12,14H,5-6,8,10H2,1-2H3,(H,17,18). The van der Waals surface area contributed by atoms with Gasteiger partial charge in [-0.25, -0.2) is 0 Å². The van der Waals surface area contributed by atoms with Gasteiger partial charge in [0.25, 0.3) is 0 Å². The van der Waals surface area contributed by atoms with Gasteiger partial charge >= 0.3 is 5.97 Å². The normalized spacial score (nSPS) is 22.7. The summed E-state index contributed by atoms with van der Waals surface area (Å²) >= 11 is 0. The first-order valence-corrected chi connectivity index (χ1v) is 6.65. The lowest BCUT2D eigenvalue weighted by atomic mass is 9.95. The van der Waals surface area contributed by atoms with Crippen molar-refractivity contribution in [2.75, 3.05) is 6.54 Å². The van der Waals surface area contributed by atoms with Crippen molar-refractivity contribution in [1.82, 2.24) is 4.90 Å². The van der Waals surface area contributed by atoms with Gasteiger partial charge in [-0.1, -0.05) is 30.7 Å². The minimum Gasteiger partial charge on any atom is -0.480 e. The second-order valence-corrected chi connectivity index (χ2v) is 5.18. The summed E-state index contributed by atoms with van der Waals surface area (Å²) in [6.45, 7) is 5.00. The molecule has 98 valence electrons. The Morgan fingerprint density at radius 2 is 2.11 bits per heavy atom. The molecular formula is C15H21NO2. The summed E-state index contributed by atoms with van der Waals surface area (Å²) in [6, 6.07) is 7.65. The number of carbonyl (C=O) groups is 1. The van der Waals surface area contributed by atoms with Crippen LogP contribution in [-0.2, 0) is 4.79 Å². The minimum atomic E-state index is -0.738. The van der Waals surface area contributed by atoms with Gasteiger partial charge in [-0.15, -0.1) is 0 Å². The van der Waals surface area contributed by atoms with Crippen molar-refractivity contribution in [3.05, 3.63) is 35.4 Å². The van der Waals surface area contributed by atoms with Gasteiger partial charge in [-0.3, -0.25) is 9.69 Å². The fourth-order valence-corrected chi connectivity index (χ4v) is 2.85. The third-order valence-corrected chi connectivity index (χ3v) is 3.90. The van der Waals surface area contributed by atoms with Crippen molar-refractivity contribution in [2.24, 2.45) is 0 Å². The van der Waals surface area contributed by atoms with E-state index in [0.717, 1.165) is 30.5 Å². The molecule has 0 amide bonds. The Balaban J connectivity index is 2.34. The van der Waals surface area contributed by atoms with Crippen LogP contribution in [0.2, 0.25) is 0 Å². The number of carboxylic acids is 1. The summed E-state index contributed by atoms with van der Waals surface area (Å²) < 4.78 is 0. The lowest BCUT2D eigenvalue weighted by molar-refractivity contribution is -0.145. The molecular weight excluding hydrogens is 226 g/mol. The molecule has 1 aromatic carbocycles. The molecule has 0 saturated carbocycles. The number of rotatable bonds is 3. The monoisotopic (exact) mass is 247 g/mol. The number of carboxylic acid groups (broad SMARTS) is 1. The highest BCUT2D eigenvalue weighted by atomic mass is 16.4. The van der Waals surface area contributed by atoms with Gasteiger partial charge in [0.15, 0.2) is 0 Å². The molecule has 0 spiro atoms. The number of likely N-dealkylation sites (tertiary alicyclic amines) is 1. The summed E-state index contributed by atoms with van der Waals surface area (Å²) in [5.41, 5.74) is 1.99. The molecule has 0 bridgehead atoms. The van der Waals surface area contributed by atoms with Crippen LogP contribution in [0.1, 0.15) is 43.4 Å². The molecule has 1 aliphatic heterocycles. The summed E-state index contributed by atoms with van der Waals surface area (Å²) in [7, 11) is 0. The average molecular weight is 247 g/mol. The van der Waals surface area contributed by atoms with Crippen molar-refractivity contribution < 1.29 is 9.90 Å². The number of hydrogen-bond acceptors (Lipinski definition) is 2. The smallest absolute Gasteiger partial charge is 0.325 e. The molecule has 18 heavy (non-hydrogen) atoms. The van der Waals surface area contributed by atoms with Crippen molar-refractivity contribution in [3.63, 3.8) is 0 Å². The van der Waals surface area contributed by atoms with E-state index in [1.54, 1.807) is 0 Å². The van der Waals surface area contributed by atoms with E-state index in [1.165, 1.54) is 6.42 Å². The maximum absolute atomic E-state index is 11.7. The minimum absolute atomic E-state index is 0.347. The van der Waals surface area contributed by atoms with Crippen LogP contribution in [-0.4, -0.2) is 28.6 Å². The van der Waals surface area contributed by atoms with E-state index in [0.29, 0.717) is 6.04 Å². The first kappa shape index (κ1) is 13.1. The maximum Gasteiger partial charge on any atom is 0.325 e. The van der Waals surface area contributed by atoms with Crippen LogP contribution in [0.4, 0.5) is 0 Å². The molecule has 1 N–H and O–H groups in total. The van der Waals surface area contributed by atoms with Crippen LogP contribution in [0.5, 0.6) is 0 Å². The Kier molecular flexibility index (Phi) is 4.02. The molecule has 0 aliphatic carbocycles. The first-order valence-electron chi connectivity index (χ1n) is 6.65.